The van der Waals surface area contributed by atoms with Gasteiger partial charge in [0.05, 0.1) is 0 Å². The van der Waals surface area contributed by atoms with E-state index in [4.69, 9.17) is 0 Å². The van der Waals surface area contributed by atoms with Crippen LogP contribution in [0.15, 0.2) is 54.6 Å². The fraction of sp³-hybridized carbons (Fsp3) is 0.318. The second-order valence-electron chi connectivity index (χ2n) is 7.78. The Bertz CT molecular complexity index is 956. The molecule has 28 heavy (non-hydrogen) atoms. The van der Waals surface area contributed by atoms with Crippen molar-refractivity contribution in [3.63, 3.8) is 0 Å². The minimum Gasteiger partial charge on any atom is -0.382 e. The standard InChI is InChI=1S/C22H22N2O4/c1-13(2)12-24-20(27)17(18(25)21(24)28)22(14-8-4-3-5-9-14)19(26)15-10-6-7-11-16(15)23-22/h3-11,13,17-18,23,25H,12H2,1-2H3. The summed E-state index contributed by atoms with van der Waals surface area (Å²) in [6.45, 7) is 3.99. The van der Waals surface area contributed by atoms with Crippen LogP contribution in [0, 0.1) is 11.8 Å². The second kappa shape index (κ2) is 6.56. The molecular formula is C22H22N2O4. The number of nitrogens with one attached hydrogen (secondary N) is 1. The highest BCUT2D eigenvalue weighted by molar-refractivity contribution is 6.19. The molecule has 3 unspecified atom stereocenters. The monoisotopic (exact) mass is 378 g/mol. The van der Waals surface area contributed by atoms with Crippen molar-refractivity contribution < 1.29 is 19.5 Å². The summed E-state index contributed by atoms with van der Waals surface area (Å²) in [6, 6.07) is 15.8. The Morgan fingerprint density at radius 2 is 1.64 bits per heavy atom. The van der Waals surface area contributed by atoms with Crippen LogP contribution in [0.5, 0.6) is 0 Å². The number of imide groups is 1. The fourth-order valence-electron chi connectivity index (χ4n) is 4.26. The zero-order valence-corrected chi connectivity index (χ0v) is 15.8. The molecule has 0 aliphatic carbocycles. The van der Waals surface area contributed by atoms with Gasteiger partial charge in [0.2, 0.25) is 5.91 Å². The van der Waals surface area contributed by atoms with Gasteiger partial charge in [-0.15, -0.1) is 0 Å². The molecule has 2 heterocycles. The van der Waals surface area contributed by atoms with Crippen LogP contribution < -0.4 is 5.32 Å². The smallest absolute Gasteiger partial charge is 0.258 e. The van der Waals surface area contributed by atoms with Gasteiger partial charge in [-0.2, -0.15) is 0 Å². The highest BCUT2D eigenvalue weighted by Gasteiger charge is 2.63. The highest BCUT2D eigenvalue weighted by Crippen LogP contribution is 2.47. The molecule has 6 nitrogen and oxygen atoms in total. The van der Waals surface area contributed by atoms with Crippen molar-refractivity contribution in [1.29, 1.82) is 0 Å². The van der Waals surface area contributed by atoms with Crippen molar-refractivity contribution in [2.75, 3.05) is 11.9 Å². The van der Waals surface area contributed by atoms with E-state index in [0.717, 1.165) is 4.90 Å². The number of Topliss-reactive ketones (excluding diaryl/α,β-unsaturated/α-hetero) is 1. The van der Waals surface area contributed by atoms with Gasteiger partial charge in [0.25, 0.3) is 5.91 Å². The number of hydrogen-bond acceptors (Lipinski definition) is 5. The zero-order chi connectivity index (χ0) is 20.1. The molecule has 4 rings (SSSR count). The number of ketones is 1. The summed E-state index contributed by atoms with van der Waals surface area (Å²) >= 11 is 0. The molecule has 2 aliphatic heterocycles. The molecule has 144 valence electrons. The first kappa shape index (κ1) is 18.4. The van der Waals surface area contributed by atoms with Crippen LogP contribution >= 0.6 is 0 Å². The third kappa shape index (κ3) is 2.48. The van der Waals surface area contributed by atoms with E-state index in [1.165, 1.54) is 0 Å². The minimum absolute atomic E-state index is 0.0518. The number of benzene rings is 2. The van der Waals surface area contributed by atoms with Crippen molar-refractivity contribution in [2.45, 2.75) is 25.5 Å². The minimum atomic E-state index is -1.59. The quantitative estimate of drug-likeness (QED) is 0.797. The molecule has 1 saturated heterocycles. The maximum atomic E-state index is 13.6. The summed E-state index contributed by atoms with van der Waals surface area (Å²) in [5.74, 6) is -2.67. The van der Waals surface area contributed by atoms with E-state index in [-0.39, 0.29) is 18.2 Å². The van der Waals surface area contributed by atoms with Crippen LogP contribution in [0.25, 0.3) is 0 Å². The Morgan fingerprint density at radius 3 is 2.29 bits per heavy atom. The Hall–Kier alpha value is -2.99. The summed E-state index contributed by atoms with van der Waals surface area (Å²) in [5.41, 5.74) is 0.0584. The molecule has 0 bridgehead atoms. The van der Waals surface area contributed by atoms with Gasteiger partial charge in [0, 0.05) is 17.8 Å². The zero-order valence-electron chi connectivity index (χ0n) is 15.8. The summed E-state index contributed by atoms with van der Waals surface area (Å²) in [4.78, 5) is 40.6. The van der Waals surface area contributed by atoms with Gasteiger partial charge in [-0.25, -0.2) is 0 Å². The van der Waals surface area contributed by atoms with Crippen molar-refractivity contribution in [2.24, 2.45) is 11.8 Å². The highest BCUT2D eigenvalue weighted by atomic mass is 16.3. The molecule has 0 aromatic heterocycles. The van der Waals surface area contributed by atoms with Gasteiger partial charge in [-0.1, -0.05) is 56.3 Å². The first-order valence-corrected chi connectivity index (χ1v) is 9.38. The molecule has 0 saturated carbocycles. The average molecular weight is 378 g/mol. The number of carbonyl (C=O) groups excluding carboxylic acids is 3. The molecule has 2 aromatic rings. The molecule has 1 fully saturated rings. The number of rotatable bonds is 4. The van der Waals surface area contributed by atoms with Crippen LogP contribution in [-0.2, 0) is 15.1 Å². The Balaban J connectivity index is 1.88. The lowest BCUT2D eigenvalue weighted by molar-refractivity contribution is -0.141. The van der Waals surface area contributed by atoms with Crippen molar-refractivity contribution in [1.82, 2.24) is 4.90 Å². The summed E-state index contributed by atoms with van der Waals surface area (Å²) in [7, 11) is 0. The van der Waals surface area contributed by atoms with Gasteiger partial charge in [0.15, 0.2) is 5.78 Å². The van der Waals surface area contributed by atoms with E-state index < -0.39 is 29.4 Å². The molecule has 2 aliphatic rings. The predicted octanol–water partition coefficient (Wildman–Crippen LogP) is 2.19. The first-order chi connectivity index (χ1) is 13.4. The Labute approximate surface area is 163 Å². The number of hydrogen-bond donors (Lipinski definition) is 2. The third-order valence-corrected chi connectivity index (χ3v) is 5.47. The van der Waals surface area contributed by atoms with Crippen LogP contribution in [0.3, 0.4) is 0 Å². The molecule has 0 spiro atoms. The number of anilines is 1. The van der Waals surface area contributed by atoms with Gasteiger partial charge < -0.3 is 10.4 Å². The number of likely N-dealkylation sites (tertiary alicyclic amines) is 1. The molecular weight excluding hydrogens is 356 g/mol. The van der Waals surface area contributed by atoms with Gasteiger partial charge in [0.1, 0.15) is 17.6 Å². The lowest BCUT2D eigenvalue weighted by atomic mass is 9.73. The number of carbonyl (C=O) groups is 3. The van der Waals surface area contributed by atoms with Gasteiger partial charge >= 0.3 is 0 Å². The summed E-state index contributed by atoms with van der Waals surface area (Å²) in [6.07, 6.45) is -1.59. The second-order valence-corrected chi connectivity index (χ2v) is 7.78. The molecule has 2 N–H and O–H groups in total. The molecule has 0 radical (unpaired) electrons. The number of amides is 2. The van der Waals surface area contributed by atoms with Crippen LogP contribution in [0.4, 0.5) is 5.69 Å². The lowest BCUT2D eigenvalue weighted by Gasteiger charge is -2.34. The van der Waals surface area contributed by atoms with Crippen molar-refractivity contribution >= 4 is 23.3 Å². The largest absolute Gasteiger partial charge is 0.382 e. The Morgan fingerprint density at radius 1 is 1.00 bits per heavy atom. The number of nitrogens with zero attached hydrogens (tertiary/aromatic N) is 1. The Kier molecular flexibility index (Phi) is 4.31. The summed E-state index contributed by atoms with van der Waals surface area (Å²) in [5, 5.41) is 14.0. The van der Waals surface area contributed by atoms with Gasteiger partial charge in [-0.05, 0) is 23.6 Å². The fourth-order valence-corrected chi connectivity index (χ4v) is 4.26. The lowest BCUT2D eigenvalue weighted by Crippen LogP contribution is -2.52. The molecule has 6 heteroatoms. The SMILES string of the molecule is CC(C)CN1C(=O)C(O)C(C2(c3ccccc3)Nc3ccccc3C2=O)C1=O. The summed E-state index contributed by atoms with van der Waals surface area (Å²) < 4.78 is 0. The van der Waals surface area contributed by atoms with Crippen molar-refractivity contribution in [3.8, 4) is 0 Å². The molecule has 2 amide bonds. The third-order valence-electron chi connectivity index (χ3n) is 5.47. The van der Waals surface area contributed by atoms with Gasteiger partial charge in [-0.3, -0.25) is 19.3 Å². The van der Waals surface area contributed by atoms with E-state index in [0.29, 0.717) is 16.8 Å². The first-order valence-electron chi connectivity index (χ1n) is 9.38. The van der Waals surface area contributed by atoms with E-state index >= 15 is 0 Å². The van der Waals surface area contributed by atoms with Crippen molar-refractivity contribution in [3.05, 3.63) is 65.7 Å². The number of para-hydroxylation sites is 1. The van der Waals surface area contributed by atoms with E-state index in [2.05, 4.69) is 5.32 Å². The number of aliphatic hydroxyl groups is 1. The topological polar surface area (TPSA) is 86.7 Å². The molecule has 3 atom stereocenters. The van der Waals surface area contributed by atoms with Crippen LogP contribution in [0.1, 0.15) is 29.8 Å². The number of fused-ring (bicyclic) bond motifs is 1. The van der Waals surface area contributed by atoms with E-state index in [9.17, 15) is 19.5 Å². The molecule has 2 aromatic carbocycles. The normalized spacial score (nSPS) is 26.7. The number of aliphatic hydroxyl groups excluding tert-OH is 1. The average Bonchev–Trinajstić information content (AvgIpc) is 3.09. The maximum Gasteiger partial charge on any atom is 0.258 e. The van der Waals surface area contributed by atoms with E-state index in [1.54, 1.807) is 48.5 Å². The predicted molar refractivity (Wildman–Crippen MR) is 104 cm³/mol. The maximum absolute atomic E-state index is 13.6. The van der Waals surface area contributed by atoms with E-state index in [1.807, 2.05) is 19.9 Å². The van der Waals surface area contributed by atoms with Crippen LogP contribution in [-0.4, -0.2) is 40.3 Å². The van der Waals surface area contributed by atoms with Crippen LogP contribution in [0.2, 0.25) is 0 Å².